The number of hydrogen-bond donors (Lipinski definition) is 2. The summed E-state index contributed by atoms with van der Waals surface area (Å²) < 4.78 is 1.15. The van der Waals surface area contributed by atoms with Crippen LogP contribution in [0.2, 0.25) is 0 Å². The fraction of sp³-hybridized carbons (Fsp3) is 0.143. The number of hydrogen-bond acceptors (Lipinski definition) is 8. The Morgan fingerprint density at radius 1 is 1.07 bits per heavy atom. The molecule has 4 aromatic heterocycles. The Kier molecular flexibility index (Phi) is 4.21. The standard InChI is InChI=1S/C21H17N7S2/c1-2-16-18(30-12-25-16)9-14(1)26-19-15-10-17(27-20(15)24-11-23-19)13-3-6-28(7-4-13)21-22-5-8-29-21/h1-3,5,8-12H,4,6-7H2,(H2,23,24,26,27). The van der Waals surface area contributed by atoms with E-state index in [1.165, 1.54) is 5.57 Å². The predicted molar refractivity (Wildman–Crippen MR) is 124 cm³/mol. The van der Waals surface area contributed by atoms with Gasteiger partial charge < -0.3 is 15.2 Å². The van der Waals surface area contributed by atoms with Gasteiger partial charge in [0.1, 0.15) is 17.8 Å². The first kappa shape index (κ1) is 17.5. The molecular weight excluding hydrogens is 414 g/mol. The second-order valence-electron chi connectivity index (χ2n) is 7.07. The number of rotatable bonds is 4. The second kappa shape index (κ2) is 7.19. The Balaban J connectivity index is 1.29. The molecule has 1 aliphatic rings. The van der Waals surface area contributed by atoms with Gasteiger partial charge in [-0.2, -0.15) is 0 Å². The first-order valence-corrected chi connectivity index (χ1v) is 11.4. The molecule has 0 aliphatic carbocycles. The van der Waals surface area contributed by atoms with Crippen molar-refractivity contribution in [2.24, 2.45) is 0 Å². The lowest BCUT2D eigenvalue weighted by Crippen LogP contribution is -2.28. The van der Waals surface area contributed by atoms with Crippen molar-refractivity contribution in [3.63, 3.8) is 0 Å². The molecule has 2 N–H and O–H groups in total. The molecule has 0 bridgehead atoms. The van der Waals surface area contributed by atoms with E-state index in [1.54, 1.807) is 29.0 Å². The zero-order valence-electron chi connectivity index (χ0n) is 15.9. The maximum Gasteiger partial charge on any atom is 0.185 e. The van der Waals surface area contributed by atoms with Crippen molar-refractivity contribution < 1.29 is 0 Å². The molecule has 7 nitrogen and oxygen atoms in total. The summed E-state index contributed by atoms with van der Waals surface area (Å²) in [6.07, 6.45) is 6.69. The Morgan fingerprint density at radius 2 is 2.07 bits per heavy atom. The average molecular weight is 432 g/mol. The molecule has 0 amide bonds. The van der Waals surface area contributed by atoms with Crippen LogP contribution in [0.15, 0.2) is 53.8 Å². The summed E-state index contributed by atoms with van der Waals surface area (Å²) in [6.45, 7) is 1.82. The molecular formula is C21H17N7S2. The highest BCUT2D eigenvalue weighted by atomic mass is 32.1. The van der Waals surface area contributed by atoms with Gasteiger partial charge in [-0.25, -0.2) is 19.9 Å². The van der Waals surface area contributed by atoms with Crippen LogP contribution in [0, 0.1) is 0 Å². The molecule has 6 rings (SSSR count). The molecule has 1 aromatic carbocycles. The molecule has 148 valence electrons. The van der Waals surface area contributed by atoms with E-state index in [0.717, 1.165) is 63.1 Å². The minimum absolute atomic E-state index is 0.798. The number of benzene rings is 1. The Morgan fingerprint density at radius 3 is 2.93 bits per heavy atom. The van der Waals surface area contributed by atoms with Crippen molar-refractivity contribution in [2.45, 2.75) is 6.42 Å². The van der Waals surface area contributed by atoms with Crippen molar-refractivity contribution in [3.8, 4) is 0 Å². The molecule has 5 aromatic rings. The van der Waals surface area contributed by atoms with E-state index < -0.39 is 0 Å². The van der Waals surface area contributed by atoms with Crippen LogP contribution in [-0.4, -0.2) is 38.0 Å². The number of aromatic nitrogens is 5. The van der Waals surface area contributed by atoms with Crippen LogP contribution < -0.4 is 10.2 Å². The molecule has 5 heterocycles. The van der Waals surface area contributed by atoms with Gasteiger partial charge in [0.25, 0.3) is 0 Å². The second-order valence-corrected chi connectivity index (χ2v) is 8.83. The minimum Gasteiger partial charge on any atom is -0.344 e. The van der Waals surface area contributed by atoms with Crippen LogP contribution in [0.5, 0.6) is 0 Å². The molecule has 0 saturated heterocycles. The maximum absolute atomic E-state index is 4.49. The summed E-state index contributed by atoms with van der Waals surface area (Å²) >= 11 is 3.31. The highest BCUT2D eigenvalue weighted by molar-refractivity contribution is 7.16. The molecule has 30 heavy (non-hydrogen) atoms. The Bertz CT molecular complexity index is 1370. The van der Waals surface area contributed by atoms with E-state index in [1.807, 2.05) is 29.2 Å². The molecule has 0 radical (unpaired) electrons. The normalized spacial score (nSPS) is 14.4. The van der Waals surface area contributed by atoms with Crippen LogP contribution >= 0.6 is 22.7 Å². The fourth-order valence-electron chi connectivity index (χ4n) is 3.74. The van der Waals surface area contributed by atoms with Gasteiger partial charge in [-0.15, -0.1) is 22.7 Å². The minimum atomic E-state index is 0.798. The van der Waals surface area contributed by atoms with Crippen LogP contribution in [-0.2, 0) is 0 Å². The summed E-state index contributed by atoms with van der Waals surface area (Å²) in [7, 11) is 0. The summed E-state index contributed by atoms with van der Waals surface area (Å²) in [4.78, 5) is 23.5. The molecule has 0 atom stereocenters. The van der Waals surface area contributed by atoms with Gasteiger partial charge in [0.05, 0.1) is 21.1 Å². The lowest BCUT2D eigenvalue weighted by atomic mass is 10.1. The van der Waals surface area contributed by atoms with Crippen molar-refractivity contribution in [3.05, 3.63) is 59.5 Å². The van der Waals surface area contributed by atoms with Crippen LogP contribution in [0.25, 0.3) is 26.8 Å². The Labute approximate surface area is 180 Å². The smallest absolute Gasteiger partial charge is 0.185 e. The third kappa shape index (κ3) is 3.12. The number of nitrogens with one attached hydrogen (secondary N) is 2. The summed E-state index contributed by atoms with van der Waals surface area (Å²) in [5.41, 5.74) is 7.11. The van der Waals surface area contributed by atoms with Gasteiger partial charge in [0, 0.05) is 36.0 Å². The average Bonchev–Trinajstić information content (AvgIpc) is 3.53. The van der Waals surface area contributed by atoms with E-state index in [9.17, 15) is 0 Å². The SMILES string of the molecule is C1=C(c2cc3c(Nc4ccc5ncsc5c4)ncnc3[nH]2)CCN(c2nccs2)C1. The van der Waals surface area contributed by atoms with Crippen molar-refractivity contribution in [1.29, 1.82) is 0 Å². The van der Waals surface area contributed by atoms with Crippen LogP contribution in [0.3, 0.4) is 0 Å². The quantitative estimate of drug-likeness (QED) is 0.414. The van der Waals surface area contributed by atoms with Gasteiger partial charge >= 0.3 is 0 Å². The largest absolute Gasteiger partial charge is 0.344 e. The van der Waals surface area contributed by atoms with E-state index in [2.05, 4.69) is 53.3 Å². The van der Waals surface area contributed by atoms with Gasteiger partial charge in [0.15, 0.2) is 5.13 Å². The number of H-pyrrole nitrogens is 1. The summed E-state index contributed by atoms with van der Waals surface area (Å²) in [6, 6.07) is 8.30. The van der Waals surface area contributed by atoms with Gasteiger partial charge in [-0.1, -0.05) is 6.08 Å². The molecule has 9 heteroatoms. The van der Waals surface area contributed by atoms with E-state index >= 15 is 0 Å². The first-order valence-electron chi connectivity index (χ1n) is 9.61. The summed E-state index contributed by atoms with van der Waals surface area (Å²) in [5.74, 6) is 0.798. The van der Waals surface area contributed by atoms with Crippen molar-refractivity contribution in [2.75, 3.05) is 23.3 Å². The third-order valence-corrected chi connectivity index (χ3v) is 6.89. The van der Waals surface area contributed by atoms with Crippen LogP contribution in [0.4, 0.5) is 16.6 Å². The molecule has 0 unspecified atom stereocenters. The molecule has 1 aliphatic heterocycles. The number of aromatic amines is 1. The number of thiazole rings is 2. The topological polar surface area (TPSA) is 82.6 Å². The third-order valence-electron chi connectivity index (χ3n) is 5.26. The number of anilines is 3. The Hall–Kier alpha value is -3.30. The van der Waals surface area contributed by atoms with Gasteiger partial charge in [-0.3, -0.25) is 0 Å². The lowest BCUT2D eigenvalue weighted by Gasteiger charge is -2.25. The zero-order chi connectivity index (χ0) is 19.9. The monoisotopic (exact) mass is 431 g/mol. The van der Waals surface area contributed by atoms with Gasteiger partial charge in [0.2, 0.25) is 0 Å². The summed E-state index contributed by atoms with van der Waals surface area (Å²) in [5, 5.41) is 7.53. The molecule has 0 fully saturated rings. The number of fused-ring (bicyclic) bond motifs is 2. The first-order chi connectivity index (χ1) is 14.8. The molecule has 0 saturated carbocycles. The maximum atomic E-state index is 4.49. The van der Waals surface area contributed by atoms with Crippen LogP contribution in [0.1, 0.15) is 12.1 Å². The fourth-order valence-corrected chi connectivity index (χ4v) is 5.14. The van der Waals surface area contributed by atoms with Crippen molar-refractivity contribution in [1.82, 2.24) is 24.9 Å². The van der Waals surface area contributed by atoms with E-state index in [0.29, 0.717) is 0 Å². The van der Waals surface area contributed by atoms with E-state index in [-0.39, 0.29) is 0 Å². The predicted octanol–water partition coefficient (Wildman–Crippen LogP) is 5.06. The molecule has 0 spiro atoms. The van der Waals surface area contributed by atoms with Crippen molar-refractivity contribution >= 4 is 66.1 Å². The highest BCUT2D eigenvalue weighted by Crippen LogP contribution is 2.31. The number of nitrogens with zero attached hydrogens (tertiary/aromatic N) is 5. The lowest BCUT2D eigenvalue weighted by molar-refractivity contribution is 0.826. The highest BCUT2D eigenvalue weighted by Gasteiger charge is 2.17. The zero-order valence-corrected chi connectivity index (χ0v) is 17.5. The van der Waals surface area contributed by atoms with E-state index in [4.69, 9.17) is 0 Å². The van der Waals surface area contributed by atoms with Gasteiger partial charge in [-0.05, 0) is 36.3 Å².